The lowest BCUT2D eigenvalue weighted by Gasteiger charge is -2.63. The third-order valence-corrected chi connectivity index (χ3v) is 7.32. The third-order valence-electron chi connectivity index (χ3n) is 7.32. The van der Waals surface area contributed by atoms with Crippen LogP contribution < -0.4 is 0 Å². The van der Waals surface area contributed by atoms with Crippen molar-refractivity contribution in [2.45, 2.75) is 69.2 Å². The van der Waals surface area contributed by atoms with Crippen molar-refractivity contribution in [1.29, 1.82) is 0 Å². The second kappa shape index (κ2) is 9.29. The molecule has 0 aromatic heterocycles. The molecule has 162 valence electrons. The number of methoxy groups -OCH3 is 1. The zero-order valence-corrected chi connectivity index (χ0v) is 17.6. The van der Waals surface area contributed by atoms with Gasteiger partial charge in [-0.1, -0.05) is 31.4 Å². The van der Waals surface area contributed by atoms with Gasteiger partial charge in [0.25, 0.3) is 0 Å². The maximum absolute atomic E-state index is 13.6. The molecule has 2 heterocycles. The Morgan fingerprint density at radius 3 is 2.62 bits per heavy atom. The zero-order valence-electron chi connectivity index (χ0n) is 17.6. The number of likely N-dealkylation sites (tertiary alicyclic amines) is 2. The van der Waals surface area contributed by atoms with E-state index in [1.807, 2.05) is 6.07 Å². The summed E-state index contributed by atoms with van der Waals surface area (Å²) in [6, 6.07) is 5.41. The number of phenolic OH excluding ortho intramolecular Hbond substituents is 1. The molecule has 0 radical (unpaired) electrons. The Kier molecular flexibility index (Phi) is 6.74. The molecule has 1 aromatic carbocycles. The van der Waals surface area contributed by atoms with Gasteiger partial charge in [0.15, 0.2) is 11.6 Å². The maximum Gasteiger partial charge on any atom is 0.165 e. The largest absolute Gasteiger partial charge is 0.505 e. The summed E-state index contributed by atoms with van der Waals surface area (Å²) < 4.78 is 25.0. The summed E-state index contributed by atoms with van der Waals surface area (Å²) in [5.41, 5.74) is 0.919. The summed E-state index contributed by atoms with van der Waals surface area (Å²) in [5, 5.41) is 9.97. The number of hydrogen-bond acceptors (Lipinski definition) is 5. The molecule has 1 N–H and O–H groups in total. The number of ether oxygens (including phenoxy) is 2. The van der Waals surface area contributed by atoms with E-state index in [1.165, 1.54) is 38.2 Å². The number of aromatic hydroxyl groups is 1. The highest BCUT2D eigenvalue weighted by Crippen LogP contribution is 2.47. The van der Waals surface area contributed by atoms with Crippen LogP contribution in [0.3, 0.4) is 0 Å². The van der Waals surface area contributed by atoms with Crippen LogP contribution in [0.25, 0.3) is 0 Å². The molecule has 0 amide bonds. The van der Waals surface area contributed by atoms with Crippen LogP contribution in [0.15, 0.2) is 18.2 Å². The van der Waals surface area contributed by atoms with E-state index in [-0.39, 0.29) is 11.3 Å². The van der Waals surface area contributed by atoms with E-state index in [9.17, 15) is 9.50 Å². The second-order valence-corrected chi connectivity index (χ2v) is 8.92. The van der Waals surface area contributed by atoms with Crippen LogP contribution in [0, 0.1) is 5.82 Å². The van der Waals surface area contributed by atoms with Gasteiger partial charge in [0.1, 0.15) is 0 Å². The van der Waals surface area contributed by atoms with E-state index in [0.29, 0.717) is 37.5 Å². The maximum atomic E-state index is 13.6. The van der Waals surface area contributed by atoms with Gasteiger partial charge in [0.05, 0.1) is 19.3 Å². The molecule has 4 rings (SSSR count). The number of hydrogen-bond donors (Lipinski definition) is 1. The Morgan fingerprint density at radius 1 is 1.14 bits per heavy atom. The fourth-order valence-electron chi connectivity index (χ4n) is 5.69. The van der Waals surface area contributed by atoms with Gasteiger partial charge in [-0.25, -0.2) is 4.39 Å². The summed E-state index contributed by atoms with van der Waals surface area (Å²) in [5.74, 6) is -0.730. The highest BCUT2D eigenvalue weighted by Gasteiger charge is 2.56. The molecule has 3 aliphatic rings. The molecule has 2 aliphatic heterocycles. The van der Waals surface area contributed by atoms with Gasteiger partial charge >= 0.3 is 0 Å². The Morgan fingerprint density at radius 2 is 1.90 bits per heavy atom. The average molecular weight is 407 g/mol. The van der Waals surface area contributed by atoms with Crippen molar-refractivity contribution < 1.29 is 19.0 Å². The molecule has 1 saturated carbocycles. The van der Waals surface area contributed by atoms with Crippen molar-refractivity contribution in [3.05, 3.63) is 29.6 Å². The molecule has 1 aliphatic carbocycles. The van der Waals surface area contributed by atoms with Gasteiger partial charge in [0, 0.05) is 37.3 Å². The molecular weight excluding hydrogens is 371 g/mol. The van der Waals surface area contributed by atoms with Gasteiger partial charge in [-0.15, -0.1) is 0 Å². The number of phenols is 1. The lowest BCUT2D eigenvalue weighted by molar-refractivity contribution is -0.204. The van der Waals surface area contributed by atoms with E-state index in [0.717, 1.165) is 32.5 Å². The predicted octanol–water partition coefficient (Wildman–Crippen LogP) is 3.55. The van der Waals surface area contributed by atoms with Crippen LogP contribution in [0.4, 0.5) is 4.39 Å². The first-order valence-electron chi connectivity index (χ1n) is 11.2. The van der Waals surface area contributed by atoms with Crippen LogP contribution in [-0.4, -0.2) is 72.5 Å². The fraction of sp³-hybridized carbons (Fsp3) is 0.739. The van der Waals surface area contributed by atoms with Gasteiger partial charge in [-0.05, 0) is 44.8 Å². The molecular formula is C23H35FN2O3. The third kappa shape index (κ3) is 4.31. The van der Waals surface area contributed by atoms with Crippen LogP contribution >= 0.6 is 0 Å². The van der Waals surface area contributed by atoms with E-state index >= 15 is 0 Å². The summed E-state index contributed by atoms with van der Waals surface area (Å²) >= 11 is 0. The SMILES string of the molecule is COCCOC1CN(C2CCN(Cc3cccc(F)c3O)CC2)C12CCCCC2. The summed E-state index contributed by atoms with van der Waals surface area (Å²) in [6.07, 6.45) is 9.06. The first-order chi connectivity index (χ1) is 14.1. The summed E-state index contributed by atoms with van der Waals surface area (Å²) in [7, 11) is 1.73. The van der Waals surface area contributed by atoms with E-state index < -0.39 is 5.82 Å². The van der Waals surface area contributed by atoms with E-state index in [2.05, 4.69) is 9.80 Å². The van der Waals surface area contributed by atoms with Crippen molar-refractivity contribution in [1.82, 2.24) is 9.80 Å². The van der Waals surface area contributed by atoms with Crippen molar-refractivity contribution in [2.24, 2.45) is 0 Å². The van der Waals surface area contributed by atoms with E-state index in [4.69, 9.17) is 9.47 Å². The van der Waals surface area contributed by atoms with Crippen molar-refractivity contribution in [3.63, 3.8) is 0 Å². The Hall–Kier alpha value is -1.21. The predicted molar refractivity (Wildman–Crippen MR) is 111 cm³/mol. The minimum Gasteiger partial charge on any atom is -0.505 e. The van der Waals surface area contributed by atoms with Crippen molar-refractivity contribution in [2.75, 3.05) is 40.0 Å². The Bertz CT molecular complexity index is 672. The highest BCUT2D eigenvalue weighted by molar-refractivity contribution is 5.33. The lowest BCUT2D eigenvalue weighted by Crippen LogP contribution is -2.75. The molecule has 2 saturated heterocycles. The quantitative estimate of drug-likeness (QED) is 0.702. The molecule has 6 heteroatoms. The average Bonchev–Trinajstić information content (AvgIpc) is 2.75. The molecule has 1 aromatic rings. The zero-order chi connectivity index (χ0) is 20.3. The lowest BCUT2D eigenvalue weighted by atomic mass is 9.69. The molecule has 1 spiro atoms. The van der Waals surface area contributed by atoms with Gasteiger partial charge in [-0.2, -0.15) is 0 Å². The number of piperidine rings is 1. The minimum atomic E-state index is -0.531. The summed E-state index contributed by atoms with van der Waals surface area (Å²) in [4.78, 5) is 5.09. The molecule has 3 fully saturated rings. The van der Waals surface area contributed by atoms with Crippen LogP contribution in [0.1, 0.15) is 50.5 Å². The van der Waals surface area contributed by atoms with Crippen molar-refractivity contribution in [3.8, 4) is 5.75 Å². The fourth-order valence-corrected chi connectivity index (χ4v) is 5.69. The normalized spacial score (nSPS) is 25.9. The molecule has 29 heavy (non-hydrogen) atoms. The number of nitrogens with zero attached hydrogens (tertiary/aromatic N) is 2. The van der Waals surface area contributed by atoms with Gasteiger partial charge < -0.3 is 14.6 Å². The topological polar surface area (TPSA) is 45.2 Å². The molecule has 1 unspecified atom stereocenters. The Balaban J connectivity index is 1.33. The summed E-state index contributed by atoms with van der Waals surface area (Å²) in [6.45, 7) is 4.98. The Labute approximate surface area is 173 Å². The molecule has 1 atom stereocenters. The van der Waals surface area contributed by atoms with Crippen LogP contribution in [-0.2, 0) is 16.0 Å². The van der Waals surface area contributed by atoms with E-state index in [1.54, 1.807) is 13.2 Å². The standard InChI is InChI=1S/C23H35FN2O3/c1-28-14-15-29-21-17-26(23(21)10-3-2-4-11-23)19-8-12-25(13-9-19)16-18-6-5-7-20(24)22(18)27/h5-7,19,21,27H,2-4,8-17H2,1H3. The van der Waals surface area contributed by atoms with Gasteiger partial charge in [0.2, 0.25) is 0 Å². The van der Waals surface area contributed by atoms with Crippen LogP contribution in [0.2, 0.25) is 0 Å². The van der Waals surface area contributed by atoms with Crippen molar-refractivity contribution >= 4 is 0 Å². The first-order valence-corrected chi connectivity index (χ1v) is 11.2. The number of rotatable bonds is 7. The highest BCUT2D eigenvalue weighted by atomic mass is 19.1. The van der Waals surface area contributed by atoms with Gasteiger partial charge in [-0.3, -0.25) is 9.80 Å². The molecule has 0 bridgehead atoms. The monoisotopic (exact) mass is 406 g/mol. The smallest absolute Gasteiger partial charge is 0.165 e. The molecule has 5 nitrogen and oxygen atoms in total. The first kappa shape index (κ1) is 21.0. The number of halogens is 1. The number of para-hydroxylation sites is 1. The van der Waals surface area contributed by atoms with Crippen LogP contribution in [0.5, 0.6) is 5.75 Å². The second-order valence-electron chi connectivity index (χ2n) is 8.92. The minimum absolute atomic E-state index is 0.199. The number of benzene rings is 1.